The van der Waals surface area contributed by atoms with Gasteiger partial charge in [-0.1, -0.05) is 19.1 Å². The number of rotatable bonds is 5. The van der Waals surface area contributed by atoms with Gasteiger partial charge >= 0.3 is 6.03 Å². The summed E-state index contributed by atoms with van der Waals surface area (Å²) in [5.74, 6) is 1.47. The highest BCUT2D eigenvalue weighted by atomic mass is 16.5. The van der Waals surface area contributed by atoms with Crippen LogP contribution in [-0.4, -0.2) is 37.5 Å². The lowest BCUT2D eigenvalue weighted by molar-refractivity contribution is 0.205. The van der Waals surface area contributed by atoms with Crippen LogP contribution in [0.2, 0.25) is 0 Å². The van der Waals surface area contributed by atoms with Crippen LogP contribution in [0.4, 0.5) is 4.79 Å². The molecule has 0 saturated carbocycles. The van der Waals surface area contributed by atoms with E-state index >= 15 is 0 Å². The minimum absolute atomic E-state index is 0.287. The summed E-state index contributed by atoms with van der Waals surface area (Å²) in [5, 5.41) is 0. The number of carbonyl (C=O) groups is 1. The van der Waals surface area contributed by atoms with Gasteiger partial charge in [0.15, 0.2) is 11.5 Å². The van der Waals surface area contributed by atoms with Crippen LogP contribution in [0.1, 0.15) is 24.9 Å². The molecule has 1 aromatic carbocycles. The summed E-state index contributed by atoms with van der Waals surface area (Å²) in [6, 6.07) is 4.81. The van der Waals surface area contributed by atoms with Gasteiger partial charge in [-0.2, -0.15) is 4.99 Å². The minimum atomic E-state index is -0.396. The van der Waals surface area contributed by atoms with Gasteiger partial charge in [0.25, 0.3) is 0 Å². The van der Waals surface area contributed by atoms with Crippen LogP contribution in [0.15, 0.2) is 23.2 Å². The Morgan fingerprint density at radius 2 is 2.10 bits per heavy atom. The molecule has 2 N–H and O–H groups in total. The van der Waals surface area contributed by atoms with E-state index in [9.17, 15) is 4.79 Å². The number of para-hydroxylation sites is 1. The molecule has 1 atom stereocenters. The van der Waals surface area contributed by atoms with E-state index in [1.807, 2.05) is 19.1 Å². The van der Waals surface area contributed by atoms with E-state index in [2.05, 4.69) is 4.99 Å². The van der Waals surface area contributed by atoms with E-state index in [4.69, 9.17) is 15.2 Å². The largest absolute Gasteiger partial charge is 0.493 e. The van der Waals surface area contributed by atoms with Crippen molar-refractivity contribution < 1.29 is 14.3 Å². The summed E-state index contributed by atoms with van der Waals surface area (Å²) < 4.78 is 10.7. The number of amidine groups is 1. The van der Waals surface area contributed by atoms with Crippen LogP contribution in [-0.2, 0) is 0 Å². The molecule has 2 rings (SSSR count). The fraction of sp³-hybridized carbons (Fsp3) is 0.429. The molecule has 0 aliphatic carbocycles. The molecule has 1 aromatic rings. The summed E-state index contributed by atoms with van der Waals surface area (Å²) in [6.45, 7) is 2.59. The Balaban J connectivity index is 2.49. The molecule has 1 heterocycles. The third-order valence-electron chi connectivity index (χ3n) is 3.25. The first-order valence-corrected chi connectivity index (χ1v) is 6.49. The van der Waals surface area contributed by atoms with Crippen LogP contribution in [0.5, 0.6) is 11.5 Å². The van der Waals surface area contributed by atoms with Crippen molar-refractivity contribution in [3.8, 4) is 11.5 Å². The van der Waals surface area contributed by atoms with E-state index in [1.165, 1.54) is 0 Å². The Bertz CT molecular complexity index is 542. The lowest BCUT2D eigenvalue weighted by atomic mass is 10.0. The molecule has 6 nitrogen and oxygen atoms in total. The maximum absolute atomic E-state index is 11.9. The monoisotopic (exact) mass is 277 g/mol. The SMILES string of the molecule is CCCN1C(=O)N=C(N)C1c1cccc(OC)c1OC. The number of amides is 2. The molecule has 20 heavy (non-hydrogen) atoms. The van der Waals surface area contributed by atoms with Crippen LogP contribution in [0.25, 0.3) is 0 Å². The second kappa shape index (κ2) is 5.81. The molecule has 0 aromatic heterocycles. The van der Waals surface area contributed by atoms with Gasteiger partial charge in [0, 0.05) is 12.1 Å². The van der Waals surface area contributed by atoms with Gasteiger partial charge in [-0.05, 0) is 12.5 Å². The molecule has 2 amide bonds. The molecule has 0 bridgehead atoms. The van der Waals surface area contributed by atoms with Crippen LogP contribution in [0, 0.1) is 0 Å². The average molecular weight is 277 g/mol. The lowest BCUT2D eigenvalue weighted by Crippen LogP contribution is -2.34. The van der Waals surface area contributed by atoms with E-state index in [1.54, 1.807) is 25.2 Å². The molecule has 108 valence electrons. The summed E-state index contributed by atoms with van der Waals surface area (Å²) in [4.78, 5) is 17.4. The first-order valence-electron chi connectivity index (χ1n) is 6.49. The van der Waals surface area contributed by atoms with Gasteiger partial charge in [-0.15, -0.1) is 0 Å². The summed E-state index contributed by atoms with van der Waals surface area (Å²) in [5.41, 5.74) is 6.71. The van der Waals surface area contributed by atoms with E-state index < -0.39 is 6.04 Å². The predicted octanol–water partition coefficient (Wildman–Crippen LogP) is 1.95. The second-order valence-corrected chi connectivity index (χ2v) is 4.50. The number of benzene rings is 1. The Labute approximate surface area is 118 Å². The fourth-order valence-electron chi connectivity index (χ4n) is 2.43. The van der Waals surface area contributed by atoms with Crippen molar-refractivity contribution in [2.45, 2.75) is 19.4 Å². The quantitative estimate of drug-likeness (QED) is 0.892. The van der Waals surface area contributed by atoms with E-state index in [-0.39, 0.29) is 11.9 Å². The highest BCUT2D eigenvalue weighted by Gasteiger charge is 2.36. The van der Waals surface area contributed by atoms with Gasteiger partial charge in [0.1, 0.15) is 11.9 Å². The standard InChI is InChI=1S/C14H19N3O3/c1-4-8-17-11(13(15)16-14(17)18)9-6-5-7-10(19-2)12(9)20-3/h5-7,11H,4,8H2,1-3H3,(H2,15,16,18). The van der Waals surface area contributed by atoms with Crippen molar-refractivity contribution in [2.24, 2.45) is 10.7 Å². The molecular formula is C14H19N3O3. The molecule has 0 radical (unpaired) electrons. The number of hydrogen-bond acceptors (Lipinski definition) is 4. The maximum atomic E-state index is 11.9. The number of nitrogens with zero attached hydrogens (tertiary/aromatic N) is 2. The van der Waals surface area contributed by atoms with Crippen molar-refractivity contribution in [1.82, 2.24) is 4.90 Å². The highest BCUT2D eigenvalue weighted by Crippen LogP contribution is 2.38. The smallest absolute Gasteiger partial charge is 0.346 e. The van der Waals surface area contributed by atoms with Crippen molar-refractivity contribution in [1.29, 1.82) is 0 Å². The topological polar surface area (TPSA) is 77.2 Å². The number of nitrogens with two attached hydrogens (primary N) is 1. The molecular weight excluding hydrogens is 258 g/mol. The number of carbonyl (C=O) groups excluding carboxylic acids is 1. The summed E-state index contributed by atoms with van der Waals surface area (Å²) in [7, 11) is 3.14. The molecule has 0 spiro atoms. The zero-order chi connectivity index (χ0) is 14.7. The lowest BCUT2D eigenvalue weighted by Gasteiger charge is -2.26. The number of hydrogen-bond donors (Lipinski definition) is 1. The third-order valence-corrected chi connectivity index (χ3v) is 3.25. The molecule has 1 aliphatic rings. The molecule has 0 saturated heterocycles. The van der Waals surface area contributed by atoms with E-state index in [0.717, 1.165) is 12.0 Å². The Morgan fingerprint density at radius 3 is 2.70 bits per heavy atom. The van der Waals surface area contributed by atoms with Crippen LogP contribution >= 0.6 is 0 Å². The normalized spacial score (nSPS) is 18.1. The zero-order valence-corrected chi connectivity index (χ0v) is 11.9. The van der Waals surface area contributed by atoms with Gasteiger partial charge in [0.05, 0.1) is 14.2 Å². The molecule has 1 aliphatic heterocycles. The summed E-state index contributed by atoms with van der Waals surface area (Å²) in [6.07, 6.45) is 0.831. The first kappa shape index (κ1) is 14.2. The average Bonchev–Trinajstić information content (AvgIpc) is 2.72. The van der Waals surface area contributed by atoms with Crippen LogP contribution < -0.4 is 15.2 Å². The Morgan fingerprint density at radius 1 is 1.35 bits per heavy atom. The van der Waals surface area contributed by atoms with Crippen molar-refractivity contribution >= 4 is 11.9 Å². The highest BCUT2D eigenvalue weighted by molar-refractivity contribution is 6.03. The van der Waals surface area contributed by atoms with Crippen molar-refractivity contribution in [2.75, 3.05) is 20.8 Å². The van der Waals surface area contributed by atoms with Crippen LogP contribution in [0.3, 0.4) is 0 Å². The van der Waals surface area contributed by atoms with Crippen molar-refractivity contribution in [3.63, 3.8) is 0 Å². The fourth-order valence-corrected chi connectivity index (χ4v) is 2.43. The van der Waals surface area contributed by atoms with Gasteiger partial charge < -0.3 is 20.1 Å². The van der Waals surface area contributed by atoms with Gasteiger partial charge in [-0.25, -0.2) is 4.79 Å². The van der Waals surface area contributed by atoms with E-state index in [0.29, 0.717) is 18.0 Å². The summed E-state index contributed by atoms with van der Waals surface area (Å²) >= 11 is 0. The molecule has 6 heteroatoms. The number of methoxy groups -OCH3 is 2. The van der Waals surface area contributed by atoms with Gasteiger partial charge in [0.2, 0.25) is 0 Å². The third kappa shape index (κ3) is 2.29. The first-order chi connectivity index (χ1) is 9.63. The predicted molar refractivity (Wildman–Crippen MR) is 76.3 cm³/mol. The zero-order valence-electron chi connectivity index (χ0n) is 11.9. The Hall–Kier alpha value is -2.24. The van der Waals surface area contributed by atoms with Crippen molar-refractivity contribution in [3.05, 3.63) is 23.8 Å². The second-order valence-electron chi connectivity index (χ2n) is 4.50. The molecule has 0 fully saturated rings. The van der Waals surface area contributed by atoms with Gasteiger partial charge in [-0.3, -0.25) is 0 Å². The molecule has 1 unspecified atom stereocenters. The number of aliphatic imine (C=N–C) groups is 1. The maximum Gasteiger partial charge on any atom is 0.346 e. The Kier molecular flexibility index (Phi) is 4.12. The minimum Gasteiger partial charge on any atom is -0.493 e. The number of urea groups is 1. The number of ether oxygens (including phenoxy) is 2.